The van der Waals surface area contributed by atoms with Crippen LogP contribution in [0.3, 0.4) is 0 Å². The van der Waals surface area contributed by atoms with Crippen molar-refractivity contribution in [2.24, 2.45) is 0 Å². The molecule has 0 bridgehead atoms. The molecule has 0 aromatic heterocycles. The molecule has 0 saturated heterocycles. The zero-order valence-corrected chi connectivity index (χ0v) is 20.6. The van der Waals surface area contributed by atoms with Crippen LogP contribution in [0.25, 0.3) is 22.3 Å². The van der Waals surface area contributed by atoms with E-state index in [9.17, 15) is 26.3 Å². The van der Waals surface area contributed by atoms with Gasteiger partial charge in [0.15, 0.2) is 29.8 Å². The normalized spacial score (nSPS) is 11.5. The van der Waals surface area contributed by atoms with Crippen LogP contribution >= 0.6 is 0 Å². The zero-order chi connectivity index (χ0) is 27.4. The molecule has 2 nitrogen and oxygen atoms in total. The summed E-state index contributed by atoms with van der Waals surface area (Å²) in [4.78, 5) is 0. The summed E-state index contributed by atoms with van der Waals surface area (Å²) in [5.41, 5.74) is 1.95. The maximum atomic E-state index is 15.0. The fraction of sp³-hybridized carbons (Fsp3) is 0.200. The van der Waals surface area contributed by atoms with Crippen molar-refractivity contribution < 1.29 is 35.8 Å². The maximum absolute atomic E-state index is 15.0. The Morgan fingerprint density at radius 1 is 0.658 bits per heavy atom. The molecule has 4 aromatic carbocycles. The van der Waals surface area contributed by atoms with E-state index >= 15 is 0 Å². The smallest absolute Gasteiger partial charge is 0.432 e. The Balaban J connectivity index is 1.46. The molecule has 38 heavy (non-hydrogen) atoms. The van der Waals surface area contributed by atoms with Gasteiger partial charge in [-0.2, -0.15) is 13.2 Å². The minimum Gasteiger partial charge on any atom is -0.480 e. The highest BCUT2D eigenvalue weighted by Crippen LogP contribution is 2.33. The highest BCUT2D eigenvalue weighted by atomic mass is 19.3. The lowest BCUT2D eigenvalue weighted by atomic mass is 9.97. The molecule has 0 amide bonds. The van der Waals surface area contributed by atoms with Crippen LogP contribution in [0.4, 0.5) is 26.3 Å². The van der Waals surface area contributed by atoms with Gasteiger partial charge < -0.3 is 9.47 Å². The van der Waals surface area contributed by atoms with Crippen LogP contribution in [0.5, 0.6) is 11.5 Å². The lowest BCUT2D eigenvalue weighted by Gasteiger charge is -2.19. The third kappa shape index (κ3) is 5.96. The van der Waals surface area contributed by atoms with Gasteiger partial charge in [0.1, 0.15) is 5.75 Å². The number of hydrogen-bond acceptors (Lipinski definition) is 2. The lowest BCUT2D eigenvalue weighted by molar-refractivity contribution is -0.195. The third-order valence-corrected chi connectivity index (χ3v) is 5.95. The fourth-order valence-electron chi connectivity index (χ4n) is 3.94. The van der Waals surface area contributed by atoms with Crippen molar-refractivity contribution in [2.45, 2.75) is 32.8 Å². The Morgan fingerprint density at radius 3 is 1.76 bits per heavy atom. The average Bonchev–Trinajstić information content (AvgIpc) is 2.90. The molecule has 0 fully saturated rings. The highest BCUT2D eigenvalue weighted by molar-refractivity contribution is 5.72. The van der Waals surface area contributed by atoms with Crippen LogP contribution in [-0.2, 0) is 6.42 Å². The number of aryl methyl sites for hydroxylation is 2. The van der Waals surface area contributed by atoms with Gasteiger partial charge in [-0.05, 0) is 53.8 Å². The quantitative estimate of drug-likeness (QED) is 0.201. The molecule has 0 aliphatic carbocycles. The second-order valence-corrected chi connectivity index (χ2v) is 8.80. The van der Waals surface area contributed by atoms with Crippen LogP contribution in [0, 0.1) is 30.2 Å². The molecule has 0 unspecified atom stereocenters. The molecule has 0 N–H and O–H groups in total. The first kappa shape index (κ1) is 27.1. The van der Waals surface area contributed by atoms with Gasteiger partial charge in [-0.15, -0.1) is 0 Å². The van der Waals surface area contributed by atoms with Gasteiger partial charge in [0.05, 0.1) is 0 Å². The van der Waals surface area contributed by atoms with Crippen LogP contribution in [0.2, 0.25) is 0 Å². The van der Waals surface area contributed by atoms with E-state index in [1.54, 1.807) is 12.1 Å². The zero-order valence-electron chi connectivity index (χ0n) is 20.6. The maximum Gasteiger partial charge on any atom is 0.432 e. The number of ether oxygens (including phenoxy) is 2. The molecule has 0 atom stereocenters. The Labute approximate surface area is 216 Å². The van der Waals surface area contributed by atoms with Crippen molar-refractivity contribution in [1.82, 2.24) is 0 Å². The van der Waals surface area contributed by atoms with E-state index in [0.717, 1.165) is 36.6 Å². The predicted octanol–water partition coefficient (Wildman–Crippen LogP) is 8.89. The second kappa shape index (κ2) is 11.2. The predicted molar refractivity (Wildman–Crippen MR) is 133 cm³/mol. The molecule has 0 radical (unpaired) electrons. The molecule has 0 saturated carbocycles. The van der Waals surface area contributed by atoms with Crippen LogP contribution in [-0.4, -0.2) is 12.7 Å². The standard InChI is InChI=1S/C30H24F6O2/c1-3-4-19-6-8-20(9-7-19)23-14-15-24(28(33)27(23)32)21-10-12-22(13-11-21)38-30(35,36)17-37-25-16-5-18(2)26(31)29(25)34/h5-16H,3-4,17H2,1-2H3. The summed E-state index contributed by atoms with van der Waals surface area (Å²) in [5, 5.41) is 0. The van der Waals surface area contributed by atoms with Crippen molar-refractivity contribution in [3.8, 4) is 33.8 Å². The Morgan fingerprint density at radius 2 is 1.21 bits per heavy atom. The van der Waals surface area contributed by atoms with Crippen molar-refractivity contribution in [3.05, 3.63) is 107 Å². The van der Waals surface area contributed by atoms with E-state index in [2.05, 4.69) is 11.7 Å². The molecule has 8 heteroatoms. The number of alkyl halides is 2. The first-order valence-corrected chi connectivity index (χ1v) is 11.9. The summed E-state index contributed by atoms with van der Waals surface area (Å²) in [6.07, 6.45) is -2.03. The number of rotatable bonds is 9. The van der Waals surface area contributed by atoms with Crippen LogP contribution in [0.15, 0.2) is 72.8 Å². The Kier molecular flexibility index (Phi) is 7.99. The van der Waals surface area contributed by atoms with Gasteiger partial charge in [-0.3, -0.25) is 0 Å². The van der Waals surface area contributed by atoms with Gasteiger partial charge >= 0.3 is 6.11 Å². The summed E-state index contributed by atoms with van der Waals surface area (Å²) in [6, 6.07) is 17.3. The number of halogens is 6. The topological polar surface area (TPSA) is 18.5 Å². The number of hydrogen-bond donors (Lipinski definition) is 0. The van der Waals surface area contributed by atoms with Crippen molar-refractivity contribution >= 4 is 0 Å². The monoisotopic (exact) mass is 530 g/mol. The minimum atomic E-state index is -3.89. The Bertz CT molecular complexity index is 1420. The summed E-state index contributed by atoms with van der Waals surface area (Å²) in [6.45, 7) is 2.00. The summed E-state index contributed by atoms with van der Waals surface area (Å²) >= 11 is 0. The van der Waals surface area contributed by atoms with E-state index in [1.807, 2.05) is 12.1 Å². The summed E-state index contributed by atoms with van der Waals surface area (Å²) < 4.78 is 95.2. The summed E-state index contributed by atoms with van der Waals surface area (Å²) in [5.74, 6) is -5.62. The van der Waals surface area contributed by atoms with Crippen LogP contribution < -0.4 is 9.47 Å². The third-order valence-electron chi connectivity index (χ3n) is 5.95. The first-order valence-electron chi connectivity index (χ1n) is 11.9. The largest absolute Gasteiger partial charge is 0.480 e. The van der Waals surface area contributed by atoms with Crippen molar-refractivity contribution in [2.75, 3.05) is 6.61 Å². The molecule has 0 aliphatic heterocycles. The molecular formula is C30H24F6O2. The molecular weight excluding hydrogens is 506 g/mol. The van der Waals surface area contributed by atoms with E-state index in [1.165, 1.54) is 37.3 Å². The van der Waals surface area contributed by atoms with Crippen LogP contribution in [0.1, 0.15) is 24.5 Å². The minimum absolute atomic E-state index is 0.00460. The average molecular weight is 531 g/mol. The van der Waals surface area contributed by atoms with Gasteiger partial charge in [0.25, 0.3) is 0 Å². The van der Waals surface area contributed by atoms with Gasteiger partial charge in [-0.25, -0.2) is 13.2 Å². The highest BCUT2D eigenvalue weighted by Gasteiger charge is 2.34. The molecule has 4 rings (SSSR count). The van der Waals surface area contributed by atoms with Crippen molar-refractivity contribution in [1.29, 1.82) is 0 Å². The first-order chi connectivity index (χ1) is 18.1. The molecule has 0 aliphatic rings. The van der Waals surface area contributed by atoms with Gasteiger partial charge in [0.2, 0.25) is 5.82 Å². The molecule has 198 valence electrons. The second-order valence-electron chi connectivity index (χ2n) is 8.80. The molecule has 4 aromatic rings. The Hall–Kier alpha value is -3.94. The van der Waals surface area contributed by atoms with Crippen molar-refractivity contribution in [3.63, 3.8) is 0 Å². The fourth-order valence-corrected chi connectivity index (χ4v) is 3.94. The summed E-state index contributed by atoms with van der Waals surface area (Å²) in [7, 11) is 0. The lowest BCUT2D eigenvalue weighted by Crippen LogP contribution is -2.32. The molecule has 0 spiro atoms. The van der Waals surface area contributed by atoms with E-state index < -0.39 is 41.7 Å². The van der Waals surface area contributed by atoms with E-state index in [-0.39, 0.29) is 28.0 Å². The SMILES string of the molecule is CCCc1ccc(-c2ccc(-c3ccc(OC(F)(F)COc4ccc(C)c(F)c4F)cc3)c(F)c2F)cc1. The van der Waals surface area contributed by atoms with E-state index in [0.29, 0.717) is 5.56 Å². The van der Waals surface area contributed by atoms with E-state index in [4.69, 9.17) is 4.74 Å². The molecule has 0 heterocycles. The number of benzene rings is 4. The van der Waals surface area contributed by atoms with Gasteiger partial charge in [0, 0.05) is 11.1 Å². The van der Waals surface area contributed by atoms with Gasteiger partial charge in [-0.1, -0.05) is 67.9 Å².